The van der Waals surface area contributed by atoms with Gasteiger partial charge in [0.1, 0.15) is 28.3 Å². The van der Waals surface area contributed by atoms with Gasteiger partial charge in [0.2, 0.25) is 0 Å². The molecule has 0 bridgehead atoms. The monoisotopic (exact) mass is 506 g/mol. The lowest BCUT2D eigenvalue weighted by Crippen LogP contribution is -2.50. The Morgan fingerprint density at radius 3 is 2.56 bits per heavy atom. The molecule has 0 aliphatic carbocycles. The normalized spacial score (nSPS) is 16.9. The number of carboxylic acids is 1. The summed E-state index contributed by atoms with van der Waals surface area (Å²) in [6.45, 7) is 0.0493. The first-order valence-electron chi connectivity index (χ1n) is 10.4. The number of aromatic carboxylic acids is 1. The van der Waals surface area contributed by atoms with Gasteiger partial charge in [0.25, 0.3) is 5.91 Å². The molecule has 0 fully saturated rings. The average molecular weight is 506 g/mol. The number of methoxy groups -OCH3 is 1. The number of alkyl halides is 3. The summed E-state index contributed by atoms with van der Waals surface area (Å²) in [5.41, 5.74) is -1.68. The molecule has 1 aromatic heterocycles. The highest BCUT2D eigenvalue weighted by Crippen LogP contribution is 2.42. The second kappa shape index (κ2) is 9.36. The van der Waals surface area contributed by atoms with Crippen LogP contribution in [0.4, 0.5) is 17.6 Å². The first kappa shape index (κ1) is 24.8. The van der Waals surface area contributed by atoms with Crippen LogP contribution in [0.15, 0.2) is 54.7 Å². The van der Waals surface area contributed by atoms with Gasteiger partial charge in [-0.1, -0.05) is 12.1 Å². The van der Waals surface area contributed by atoms with Crippen molar-refractivity contribution < 1.29 is 46.5 Å². The van der Waals surface area contributed by atoms with E-state index < -0.39 is 35.3 Å². The molecular weight excluding hydrogens is 488 g/mol. The Hall–Kier alpha value is -4.35. The van der Waals surface area contributed by atoms with Gasteiger partial charge in [0.15, 0.2) is 11.6 Å². The molecule has 1 aliphatic rings. The maximum atomic E-state index is 14.7. The number of benzene rings is 2. The van der Waals surface area contributed by atoms with Crippen molar-refractivity contribution in [1.29, 1.82) is 0 Å². The van der Waals surface area contributed by atoms with Crippen LogP contribution in [0.25, 0.3) is 0 Å². The summed E-state index contributed by atoms with van der Waals surface area (Å²) in [5, 5.41) is 12.2. The third-order valence-corrected chi connectivity index (χ3v) is 5.58. The van der Waals surface area contributed by atoms with E-state index in [1.807, 2.05) is 0 Å². The number of pyridine rings is 1. The van der Waals surface area contributed by atoms with Crippen molar-refractivity contribution in [1.82, 2.24) is 10.3 Å². The number of nitrogens with zero attached hydrogens (tertiary/aromatic N) is 1. The van der Waals surface area contributed by atoms with Gasteiger partial charge in [-0.2, -0.15) is 0 Å². The van der Waals surface area contributed by atoms with Gasteiger partial charge >= 0.3 is 12.3 Å². The van der Waals surface area contributed by atoms with Crippen LogP contribution < -0.4 is 19.5 Å². The summed E-state index contributed by atoms with van der Waals surface area (Å²) < 4.78 is 67.2. The van der Waals surface area contributed by atoms with Crippen LogP contribution in [0.2, 0.25) is 0 Å². The molecule has 1 aliphatic heterocycles. The molecule has 0 spiro atoms. The molecule has 2 N–H and O–H groups in total. The molecule has 0 radical (unpaired) electrons. The fourth-order valence-corrected chi connectivity index (χ4v) is 4.07. The minimum absolute atomic E-state index is 0.0304. The summed E-state index contributed by atoms with van der Waals surface area (Å²) in [6, 6.07) is 9.90. The maximum Gasteiger partial charge on any atom is 0.573 e. The third-order valence-electron chi connectivity index (χ3n) is 5.58. The predicted octanol–water partition coefficient (Wildman–Crippen LogP) is 4.28. The lowest BCUT2D eigenvalue weighted by atomic mass is 9.81. The van der Waals surface area contributed by atoms with E-state index in [-0.39, 0.29) is 46.9 Å². The number of para-hydroxylation sites is 1. The SMILES string of the molecule is COc1c(C(=O)O)cccc1C(=O)NC1(c2ccc(OC(F)(F)F)c(F)c2)CCOc2cccnc21. The molecule has 8 nitrogen and oxygen atoms in total. The Bertz CT molecular complexity index is 1330. The number of carbonyl (C=O) groups is 2. The molecule has 1 unspecified atom stereocenters. The molecule has 36 heavy (non-hydrogen) atoms. The molecule has 4 rings (SSSR count). The van der Waals surface area contributed by atoms with Gasteiger partial charge in [-0.25, -0.2) is 9.18 Å². The van der Waals surface area contributed by atoms with Gasteiger partial charge in [0.05, 0.1) is 19.3 Å². The van der Waals surface area contributed by atoms with E-state index in [9.17, 15) is 32.3 Å². The summed E-state index contributed by atoms with van der Waals surface area (Å²) >= 11 is 0. The van der Waals surface area contributed by atoms with Crippen LogP contribution in [-0.2, 0) is 5.54 Å². The Labute approximate surface area is 201 Å². The van der Waals surface area contributed by atoms with E-state index in [1.54, 1.807) is 12.1 Å². The Morgan fingerprint density at radius 2 is 1.89 bits per heavy atom. The second-order valence-electron chi connectivity index (χ2n) is 7.69. The fraction of sp³-hybridized carbons (Fsp3) is 0.208. The smallest absolute Gasteiger partial charge is 0.495 e. The average Bonchev–Trinajstić information content (AvgIpc) is 2.84. The quantitative estimate of drug-likeness (QED) is 0.481. The number of ether oxygens (including phenoxy) is 3. The van der Waals surface area contributed by atoms with Crippen molar-refractivity contribution in [2.75, 3.05) is 13.7 Å². The van der Waals surface area contributed by atoms with Crippen LogP contribution in [0.1, 0.15) is 38.4 Å². The van der Waals surface area contributed by atoms with Crippen molar-refractivity contribution in [2.45, 2.75) is 18.3 Å². The topological polar surface area (TPSA) is 107 Å². The highest BCUT2D eigenvalue weighted by Gasteiger charge is 2.44. The lowest BCUT2D eigenvalue weighted by molar-refractivity contribution is -0.275. The van der Waals surface area contributed by atoms with E-state index in [0.29, 0.717) is 0 Å². The number of carbonyl (C=O) groups excluding carboxylic acids is 1. The minimum Gasteiger partial charge on any atom is -0.495 e. The Morgan fingerprint density at radius 1 is 1.14 bits per heavy atom. The number of amides is 1. The zero-order valence-electron chi connectivity index (χ0n) is 18.6. The van der Waals surface area contributed by atoms with Gasteiger partial charge in [-0.05, 0) is 42.0 Å². The summed E-state index contributed by atoms with van der Waals surface area (Å²) in [6.07, 6.45) is -3.66. The van der Waals surface area contributed by atoms with E-state index >= 15 is 0 Å². The second-order valence-corrected chi connectivity index (χ2v) is 7.69. The first-order chi connectivity index (χ1) is 17.1. The number of nitrogens with one attached hydrogen (secondary N) is 1. The molecule has 2 heterocycles. The van der Waals surface area contributed by atoms with Crippen molar-refractivity contribution in [3.8, 4) is 17.2 Å². The highest BCUT2D eigenvalue weighted by atomic mass is 19.4. The molecule has 12 heteroatoms. The third kappa shape index (κ3) is 4.61. The molecule has 0 saturated carbocycles. The number of fused-ring (bicyclic) bond motifs is 1. The Kier molecular flexibility index (Phi) is 6.44. The fourth-order valence-electron chi connectivity index (χ4n) is 4.07. The number of hydrogen-bond acceptors (Lipinski definition) is 6. The predicted molar refractivity (Wildman–Crippen MR) is 116 cm³/mol. The van der Waals surface area contributed by atoms with E-state index in [1.165, 1.54) is 37.6 Å². The molecule has 1 atom stereocenters. The molecule has 188 valence electrons. The zero-order valence-corrected chi connectivity index (χ0v) is 18.6. The van der Waals surface area contributed by atoms with Gasteiger partial charge in [-0.15, -0.1) is 13.2 Å². The largest absolute Gasteiger partial charge is 0.573 e. The number of carboxylic acid groups (broad SMARTS) is 1. The number of rotatable bonds is 6. The van der Waals surface area contributed by atoms with Crippen LogP contribution >= 0.6 is 0 Å². The van der Waals surface area contributed by atoms with Gasteiger partial charge in [0, 0.05) is 12.6 Å². The van der Waals surface area contributed by atoms with E-state index in [4.69, 9.17) is 9.47 Å². The minimum atomic E-state index is -5.10. The van der Waals surface area contributed by atoms with Gasteiger partial charge < -0.3 is 24.6 Å². The molecule has 1 amide bonds. The van der Waals surface area contributed by atoms with Crippen LogP contribution in [-0.4, -0.2) is 42.0 Å². The van der Waals surface area contributed by atoms with Crippen molar-refractivity contribution in [3.63, 3.8) is 0 Å². The maximum absolute atomic E-state index is 14.7. The van der Waals surface area contributed by atoms with Crippen LogP contribution in [0, 0.1) is 5.82 Å². The van der Waals surface area contributed by atoms with Crippen molar-refractivity contribution >= 4 is 11.9 Å². The number of halogens is 4. The number of aromatic nitrogens is 1. The van der Waals surface area contributed by atoms with Crippen LogP contribution in [0.5, 0.6) is 17.2 Å². The van der Waals surface area contributed by atoms with Crippen molar-refractivity contribution in [3.05, 3.63) is 82.9 Å². The standard InChI is InChI=1S/C24H18F4N2O6/c1-34-19-14(4-2-5-15(19)22(32)33)21(31)30-23(9-11-35-18-6-3-10-29-20(18)23)13-7-8-17(16(25)12-13)36-24(26,27)28/h2-8,10,12H,9,11H2,1H3,(H,30,31)(H,32,33). The molecule has 3 aromatic rings. The van der Waals surface area contributed by atoms with Crippen LogP contribution in [0.3, 0.4) is 0 Å². The van der Waals surface area contributed by atoms with Gasteiger partial charge in [-0.3, -0.25) is 9.78 Å². The molecule has 0 saturated heterocycles. The molecular formula is C24H18F4N2O6. The summed E-state index contributed by atoms with van der Waals surface area (Å²) in [5.74, 6) is -4.40. The summed E-state index contributed by atoms with van der Waals surface area (Å²) in [7, 11) is 1.20. The number of hydrogen-bond donors (Lipinski definition) is 2. The van der Waals surface area contributed by atoms with E-state index in [2.05, 4.69) is 15.0 Å². The Balaban J connectivity index is 1.84. The van der Waals surface area contributed by atoms with Crippen molar-refractivity contribution in [2.24, 2.45) is 0 Å². The van der Waals surface area contributed by atoms with E-state index in [0.717, 1.165) is 12.1 Å². The summed E-state index contributed by atoms with van der Waals surface area (Å²) in [4.78, 5) is 29.4. The first-order valence-corrected chi connectivity index (χ1v) is 10.4. The zero-order chi connectivity index (χ0) is 26.1. The molecule has 2 aromatic carbocycles. The lowest BCUT2D eigenvalue weighted by Gasteiger charge is -2.39. The highest BCUT2D eigenvalue weighted by molar-refractivity contribution is 6.02.